The highest BCUT2D eigenvalue weighted by Gasteiger charge is 2.24. The van der Waals surface area contributed by atoms with Gasteiger partial charge >= 0.3 is 0 Å². The number of hydrogen-bond donors (Lipinski definition) is 1. The minimum Gasteiger partial charge on any atom is -0.497 e. The minimum absolute atomic E-state index is 0.0390. The Morgan fingerprint density at radius 3 is 2.35 bits per heavy atom. The van der Waals surface area contributed by atoms with Gasteiger partial charge in [-0.25, -0.2) is 8.42 Å². The predicted octanol–water partition coefficient (Wildman–Crippen LogP) is 4.77. The maximum absolute atomic E-state index is 13.2. The second-order valence-corrected chi connectivity index (χ2v) is 9.23. The molecule has 6 nitrogen and oxygen atoms in total. The van der Waals surface area contributed by atoms with Crippen LogP contribution in [0.1, 0.15) is 0 Å². The van der Waals surface area contributed by atoms with E-state index in [9.17, 15) is 13.2 Å². The molecule has 4 aromatic rings. The summed E-state index contributed by atoms with van der Waals surface area (Å²) in [4.78, 5) is 12.9. The zero-order valence-corrected chi connectivity index (χ0v) is 18.2. The molecule has 0 fully saturated rings. The SMILES string of the molecule is COc1ccc(NC(=O)Cn2cc(S(=O)(=O)c3ccc(Cl)cc3)c3ccccc32)cc1. The van der Waals surface area contributed by atoms with Gasteiger partial charge in [-0.15, -0.1) is 0 Å². The van der Waals surface area contributed by atoms with Crippen LogP contribution in [-0.4, -0.2) is 26.0 Å². The van der Waals surface area contributed by atoms with Gasteiger partial charge in [0.25, 0.3) is 0 Å². The number of carbonyl (C=O) groups excluding carboxylic acids is 1. The van der Waals surface area contributed by atoms with Gasteiger partial charge in [0.1, 0.15) is 12.3 Å². The number of anilines is 1. The van der Waals surface area contributed by atoms with E-state index in [0.717, 1.165) is 0 Å². The summed E-state index contributed by atoms with van der Waals surface area (Å²) in [5.74, 6) is 0.410. The Kier molecular flexibility index (Phi) is 5.71. The lowest BCUT2D eigenvalue weighted by molar-refractivity contribution is -0.116. The maximum atomic E-state index is 13.2. The van der Waals surface area contributed by atoms with Crippen molar-refractivity contribution in [2.45, 2.75) is 16.3 Å². The average Bonchev–Trinajstić information content (AvgIpc) is 3.14. The molecule has 8 heteroatoms. The molecule has 0 radical (unpaired) electrons. The number of benzene rings is 3. The first-order valence-corrected chi connectivity index (χ1v) is 11.3. The van der Waals surface area contributed by atoms with Crippen molar-refractivity contribution in [3.63, 3.8) is 0 Å². The van der Waals surface area contributed by atoms with Crippen LogP contribution in [0.5, 0.6) is 5.75 Å². The first-order chi connectivity index (χ1) is 14.9. The third-order valence-corrected chi connectivity index (χ3v) is 6.90. The number of fused-ring (bicyclic) bond motifs is 1. The van der Waals surface area contributed by atoms with Crippen molar-refractivity contribution >= 4 is 43.9 Å². The highest BCUT2D eigenvalue weighted by atomic mass is 35.5. The maximum Gasteiger partial charge on any atom is 0.244 e. The topological polar surface area (TPSA) is 77.4 Å². The summed E-state index contributed by atoms with van der Waals surface area (Å²) in [6.07, 6.45) is 1.50. The van der Waals surface area contributed by atoms with Gasteiger partial charge in [-0.3, -0.25) is 4.79 Å². The van der Waals surface area contributed by atoms with E-state index >= 15 is 0 Å². The molecule has 0 saturated heterocycles. The van der Waals surface area contributed by atoms with Gasteiger partial charge in [-0.1, -0.05) is 29.8 Å². The van der Waals surface area contributed by atoms with Gasteiger partial charge in [-0.2, -0.15) is 0 Å². The smallest absolute Gasteiger partial charge is 0.244 e. The fourth-order valence-electron chi connectivity index (χ4n) is 3.33. The van der Waals surface area contributed by atoms with Crippen LogP contribution in [0.25, 0.3) is 10.9 Å². The van der Waals surface area contributed by atoms with Crippen molar-refractivity contribution in [3.8, 4) is 5.75 Å². The number of nitrogens with one attached hydrogen (secondary N) is 1. The minimum atomic E-state index is -3.79. The Morgan fingerprint density at radius 2 is 1.68 bits per heavy atom. The van der Waals surface area contributed by atoms with Crippen molar-refractivity contribution in [2.24, 2.45) is 0 Å². The van der Waals surface area contributed by atoms with Crippen molar-refractivity contribution < 1.29 is 17.9 Å². The first kappa shape index (κ1) is 21.0. The fraction of sp³-hybridized carbons (Fsp3) is 0.0870. The number of para-hydroxylation sites is 1. The quantitative estimate of drug-likeness (QED) is 0.455. The molecule has 3 aromatic carbocycles. The molecule has 0 aliphatic rings. The third-order valence-electron chi connectivity index (χ3n) is 4.85. The average molecular weight is 455 g/mol. The number of methoxy groups -OCH3 is 1. The van der Waals surface area contributed by atoms with Gasteiger partial charge in [0.05, 0.1) is 16.9 Å². The highest BCUT2D eigenvalue weighted by Crippen LogP contribution is 2.30. The van der Waals surface area contributed by atoms with E-state index in [4.69, 9.17) is 16.3 Å². The van der Waals surface area contributed by atoms with Gasteiger partial charge in [-0.05, 0) is 54.6 Å². The van der Waals surface area contributed by atoms with Crippen molar-refractivity contribution in [2.75, 3.05) is 12.4 Å². The number of aromatic nitrogens is 1. The van der Waals surface area contributed by atoms with Crippen LogP contribution in [0.2, 0.25) is 5.02 Å². The van der Waals surface area contributed by atoms with E-state index in [1.807, 2.05) is 0 Å². The van der Waals surface area contributed by atoms with E-state index in [-0.39, 0.29) is 22.2 Å². The number of ether oxygens (including phenoxy) is 1. The molecule has 158 valence electrons. The summed E-state index contributed by atoms with van der Waals surface area (Å²) < 4.78 is 33.2. The van der Waals surface area contributed by atoms with E-state index in [0.29, 0.717) is 27.4 Å². The van der Waals surface area contributed by atoms with Crippen LogP contribution < -0.4 is 10.1 Å². The van der Waals surface area contributed by atoms with Gasteiger partial charge < -0.3 is 14.6 Å². The lowest BCUT2D eigenvalue weighted by Gasteiger charge is -2.08. The Balaban J connectivity index is 1.66. The van der Waals surface area contributed by atoms with Crippen LogP contribution in [-0.2, 0) is 21.2 Å². The number of amides is 1. The molecule has 1 N–H and O–H groups in total. The molecule has 4 rings (SSSR count). The van der Waals surface area contributed by atoms with Gasteiger partial charge in [0.2, 0.25) is 15.7 Å². The fourth-order valence-corrected chi connectivity index (χ4v) is 4.93. The van der Waals surface area contributed by atoms with Crippen molar-refractivity contribution in [1.29, 1.82) is 0 Å². The predicted molar refractivity (Wildman–Crippen MR) is 120 cm³/mol. The molecular weight excluding hydrogens is 436 g/mol. The van der Waals surface area contributed by atoms with Crippen molar-refractivity contribution in [1.82, 2.24) is 4.57 Å². The molecule has 0 aliphatic heterocycles. The molecule has 31 heavy (non-hydrogen) atoms. The first-order valence-electron chi connectivity index (χ1n) is 9.41. The van der Waals surface area contributed by atoms with E-state index in [1.165, 1.54) is 30.5 Å². The number of halogens is 1. The monoisotopic (exact) mass is 454 g/mol. The number of sulfone groups is 1. The molecule has 0 aliphatic carbocycles. The van der Waals surface area contributed by atoms with Crippen LogP contribution in [0.15, 0.2) is 88.8 Å². The molecule has 0 saturated carbocycles. The number of rotatable bonds is 6. The molecule has 0 unspecified atom stereocenters. The van der Waals surface area contributed by atoms with E-state index < -0.39 is 9.84 Å². The molecular formula is C23H19ClN2O4S. The van der Waals surface area contributed by atoms with Gasteiger partial charge in [0, 0.05) is 27.8 Å². The number of hydrogen-bond acceptors (Lipinski definition) is 4. The molecule has 1 amide bonds. The Morgan fingerprint density at radius 1 is 1.00 bits per heavy atom. The van der Waals surface area contributed by atoms with Crippen molar-refractivity contribution in [3.05, 3.63) is 84.0 Å². The molecule has 0 bridgehead atoms. The third kappa shape index (κ3) is 4.28. The Bertz CT molecular complexity index is 1340. The van der Waals surface area contributed by atoms with Crippen LogP contribution >= 0.6 is 11.6 Å². The zero-order chi connectivity index (χ0) is 22.0. The largest absolute Gasteiger partial charge is 0.497 e. The second-order valence-electron chi connectivity index (χ2n) is 6.87. The van der Waals surface area contributed by atoms with E-state index in [1.54, 1.807) is 60.2 Å². The number of nitrogens with zero attached hydrogens (tertiary/aromatic N) is 1. The zero-order valence-electron chi connectivity index (χ0n) is 16.6. The summed E-state index contributed by atoms with van der Waals surface area (Å²) in [6.45, 7) is -0.0390. The van der Waals surface area contributed by atoms with Gasteiger partial charge in [0.15, 0.2) is 0 Å². The molecule has 1 aromatic heterocycles. The lowest BCUT2D eigenvalue weighted by Crippen LogP contribution is -2.18. The van der Waals surface area contributed by atoms with E-state index in [2.05, 4.69) is 5.32 Å². The lowest BCUT2D eigenvalue weighted by atomic mass is 10.2. The normalized spacial score (nSPS) is 11.4. The van der Waals surface area contributed by atoms with Crippen LogP contribution in [0, 0.1) is 0 Å². The highest BCUT2D eigenvalue weighted by molar-refractivity contribution is 7.91. The molecule has 0 spiro atoms. The summed E-state index contributed by atoms with van der Waals surface area (Å²) in [5, 5.41) is 3.82. The Hall–Kier alpha value is -3.29. The summed E-state index contributed by atoms with van der Waals surface area (Å²) in [6, 6.07) is 20.1. The summed E-state index contributed by atoms with van der Waals surface area (Å²) >= 11 is 5.90. The summed E-state index contributed by atoms with van der Waals surface area (Å²) in [7, 11) is -2.22. The molecule has 0 atom stereocenters. The van der Waals surface area contributed by atoms with Crippen LogP contribution in [0.4, 0.5) is 5.69 Å². The standard InChI is InChI=1S/C23H19ClN2O4S/c1-30-18-10-8-17(9-11-18)25-23(27)15-26-14-22(20-4-2-3-5-21(20)26)31(28,29)19-12-6-16(24)7-13-19/h2-14H,15H2,1H3,(H,25,27). The summed E-state index contributed by atoms with van der Waals surface area (Å²) in [5.41, 5.74) is 1.27. The Labute approximate surface area is 184 Å². The van der Waals surface area contributed by atoms with Crippen LogP contribution in [0.3, 0.4) is 0 Å². The number of carbonyl (C=O) groups is 1. The molecule has 1 heterocycles. The second kappa shape index (κ2) is 8.45.